The maximum Gasteiger partial charge on any atom is 0.257 e. The monoisotopic (exact) mass is 431 g/mol. The molecule has 0 saturated heterocycles. The van der Waals surface area contributed by atoms with E-state index in [-0.39, 0.29) is 23.7 Å². The molecule has 0 radical (unpaired) electrons. The second-order valence-corrected chi connectivity index (χ2v) is 7.66. The Morgan fingerprint density at radius 1 is 1.20 bits per heavy atom. The summed E-state index contributed by atoms with van der Waals surface area (Å²) in [5, 5.41) is 0.205. The number of aromatic nitrogens is 1. The number of methoxy groups -OCH3 is 1. The van der Waals surface area contributed by atoms with Crippen LogP contribution in [0.1, 0.15) is 48.0 Å². The minimum absolute atomic E-state index is 0.131. The predicted molar refractivity (Wildman–Crippen MR) is 114 cm³/mol. The molecule has 1 saturated carbocycles. The molecular weight excluding hydrogens is 406 g/mol. The first-order valence-corrected chi connectivity index (χ1v) is 10.4. The molecule has 0 spiro atoms. The number of ether oxygens (including phenoxy) is 2. The van der Waals surface area contributed by atoms with Gasteiger partial charge in [-0.25, -0.2) is 4.98 Å². The van der Waals surface area contributed by atoms with E-state index in [2.05, 4.69) is 4.98 Å². The molecule has 2 aromatic rings. The molecule has 0 bridgehead atoms. The van der Waals surface area contributed by atoms with E-state index in [0.29, 0.717) is 23.6 Å². The lowest BCUT2D eigenvalue weighted by atomic mass is 9.93. The summed E-state index contributed by atoms with van der Waals surface area (Å²) in [6.45, 7) is 0.170. The molecule has 0 aliphatic heterocycles. The smallest absolute Gasteiger partial charge is 0.257 e. The molecule has 30 heavy (non-hydrogen) atoms. The van der Waals surface area contributed by atoms with Crippen molar-refractivity contribution in [1.29, 1.82) is 0 Å². The molecule has 1 aromatic carbocycles. The summed E-state index contributed by atoms with van der Waals surface area (Å²) in [5.41, 5.74) is 6.43. The highest BCUT2D eigenvalue weighted by atomic mass is 35.5. The van der Waals surface area contributed by atoms with Crippen LogP contribution >= 0.6 is 11.6 Å². The van der Waals surface area contributed by atoms with Gasteiger partial charge in [0.1, 0.15) is 5.15 Å². The van der Waals surface area contributed by atoms with Gasteiger partial charge in [-0.2, -0.15) is 0 Å². The number of carbonyl (C=O) groups is 2. The van der Waals surface area contributed by atoms with Gasteiger partial charge in [0.2, 0.25) is 0 Å². The first-order valence-electron chi connectivity index (χ1n) is 9.99. The standard InChI is InChI=1S/C22H26ClN3O4/c1-29-19-12-15(9-10-18(19)30-14-20(24)27)13-26(16-6-3-2-4-7-16)22(28)17-8-5-11-25-21(17)23/h5,8-12,16H,2-4,6-7,13-14H2,1H3,(H2,24,27). The molecule has 1 aromatic heterocycles. The van der Waals surface area contributed by atoms with Crippen LogP contribution in [0.4, 0.5) is 0 Å². The highest BCUT2D eigenvalue weighted by Crippen LogP contribution is 2.31. The van der Waals surface area contributed by atoms with Crippen LogP contribution in [0.25, 0.3) is 0 Å². The van der Waals surface area contributed by atoms with Gasteiger partial charge in [0, 0.05) is 18.8 Å². The third-order valence-corrected chi connectivity index (χ3v) is 5.52. The largest absolute Gasteiger partial charge is 0.493 e. The molecule has 2 amide bonds. The lowest BCUT2D eigenvalue weighted by molar-refractivity contribution is -0.119. The fraction of sp³-hybridized carbons (Fsp3) is 0.409. The summed E-state index contributed by atoms with van der Waals surface area (Å²) >= 11 is 6.20. The molecule has 3 rings (SSSR count). The van der Waals surface area contributed by atoms with Crippen molar-refractivity contribution in [1.82, 2.24) is 9.88 Å². The van der Waals surface area contributed by atoms with Gasteiger partial charge in [-0.3, -0.25) is 9.59 Å². The van der Waals surface area contributed by atoms with E-state index in [4.69, 9.17) is 26.8 Å². The van der Waals surface area contributed by atoms with Crippen molar-refractivity contribution in [2.45, 2.75) is 44.7 Å². The molecular formula is C22H26ClN3O4. The van der Waals surface area contributed by atoms with Crippen molar-refractivity contribution in [3.05, 3.63) is 52.8 Å². The van der Waals surface area contributed by atoms with Crippen molar-refractivity contribution < 1.29 is 19.1 Å². The molecule has 1 heterocycles. The number of amides is 2. The number of nitrogens with two attached hydrogens (primary N) is 1. The highest BCUT2D eigenvalue weighted by Gasteiger charge is 2.28. The van der Waals surface area contributed by atoms with Crippen LogP contribution in [0.3, 0.4) is 0 Å². The van der Waals surface area contributed by atoms with Crippen molar-refractivity contribution in [3.63, 3.8) is 0 Å². The zero-order chi connectivity index (χ0) is 21.5. The number of rotatable bonds is 8. The Hall–Kier alpha value is -2.80. The summed E-state index contributed by atoms with van der Waals surface area (Å²) in [7, 11) is 1.52. The topological polar surface area (TPSA) is 94.8 Å². The second kappa shape index (κ2) is 10.3. The van der Waals surface area contributed by atoms with Gasteiger partial charge in [0.15, 0.2) is 18.1 Å². The Bertz CT molecular complexity index is 900. The number of pyridine rings is 1. The molecule has 0 unspecified atom stereocenters. The number of hydrogen-bond donors (Lipinski definition) is 1. The highest BCUT2D eigenvalue weighted by molar-refractivity contribution is 6.32. The maximum absolute atomic E-state index is 13.4. The third kappa shape index (κ3) is 5.42. The summed E-state index contributed by atoms with van der Waals surface area (Å²) in [4.78, 5) is 30.3. The van der Waals surface area contributed by atoms with Gasteiger partial charge < -0.3 is 20.1 Å². The van der Waals surface area contributed by atoms with Crippen molar-refractivity contribution >= 4 is 23.4 Å². The number of benzene rings is 1. The molecule has 0 atom stereocenters. The average Bonchev–Trinajstić information content (AvgIpc) is 2.76. The number of primary amides is 1. The Kier molecular flexibility index (Phi) is 7.52. The summed E-state index contributed by atoms with van der Waals surface area (Å²) in [6.07, 6.45) is 6.86. The average molecular weight is 432 g/mol. The molecule has 8 heteroatoms. The van der Waals surface area contributed by atoms with Gasteiger partial charge in [0.05, 0.1) is 12.7 Å². The van der Waals surface area contributed by atoms with E-state index in [1.807, 2.05) is 17.0 Å². The number of carbonyl (C=O) groups excluding carboxylic acids is 2. The van der Waals surface area contributed by atoms with Gasteiger partial charge >= 0.3 is 0 Å². The molecule has 160 valence electrons. The zero-order valence-corrected chi connectivity index (χ0v) is 17.7. The fourth-order valence-corrected chi connectivity index (χ4v) is 3.94. The number of halogens is 1. The van der Waals surface area contributed by atoms with Gasteiger partial charge in [0.25, 0.3) is 11.8 Å². The van der Waals surface area contributed by atoms with Gasteiger partial charge in [-0.15, -0.1) is 0 Å². The molecule has 2 N–H and O–H groups in total. The summed E-state index contributed by atoms with van der Waals surface area (Å²) < 4.78 is 10.8. The molecule has 1 fully saturated rings. The number of hydrogen-bond acceptors (Lipinski definition) is 5. The summed E-state index contributed by atoms with van der Waals surface area (Å²) in [6, 6.07) is 8.94. The van der Waals surface area contributed by atoms with Crippen molar-refractivity contribution in [3.8, 4) is 11.5 Å². The van der Waals surface area contributed by atoms with E-state index in [1.54, 1.807) is 24.4 Å². The van der Waals surface area contributed by atoms with Crippen molar-refractivity contribution in [2.24, 2.45) is 5.73 Å². The first kappa shape index (κ1) is 21.9. The summed E-state index contributed by atoms with van der Waals surface area (Å²) in [5.74, 6) is 0.201. The van der Waals surface area contributed by atoms with Gasteiger partial charge in [-0.1, -0.05) is 36.9 Å². The van der Waals surface area contributed by atoms with Crippen LogP contribution in [0.15, 0.2) is 36.5 Å². The quantitative estimate of drug-likeness (QED) is 0.644. The molecule has 1 aliphatic carbocycles. The van der Waals surface area contributed by atoms with Crippen LogP contribution in [0.2, 0.25) is 5.15 Å². The zero-order valence-electron chi connectivity index (χ0n) is 17.0. The van der Waals surface area contributed by atoms with Crippen molar-refractivity contribution in [2.75, 3.05) is 13.7 Å². The van der Waals surface area contributed by atoms with E-state index in [1.165, 1.54) is 13.5 Å². The minimum Gasteiger partial charge on any atom is -0.493 e. The van der Waals surface area contributed by atoms with Crippen LogP contribution in [-0.4, -0.2) is 41.5 Å². The third-order valence-electron chi connectivity index (χ3n) is 5.22. The van der Waals surface area contributed by atoms with E-state index in [0.717, 1.165) is 31.2 Å². The van der Waals surface area contributed by atoms with Gasteiger partial charge in [-0.05, 0) is 42.7 Å². The van der Waals surface area contributed by atoms with Crippen LogP contribution in [0.5, 0.6) is 11.5 Å². The van der Waals surface area contributed by atoms with Crippen LogP contribution in [-0.2, 0) is 11.3 Å². The normalized spacial score (nSPS) is 14.2. The molecule has 7 nitrogen and oxygen atoms in total. The van der Waals surface area contributed by atoms with E-state index >= 15 is 0 Å². The van der Waals surface area contributed by atoms with Crippen LogP contribution < -0.4 is 15.2 Å². The lowest BCUT2D eigenvalue weighted by Gasteiger charge is -2.35. The first-order chi connectivity index (χ1) is 14.5. The fourth-order valence-electron chi connectivity index (χ4n) is 3.73. The minimum atomic E-state index is -0.566. The maximum atomic E-state index is 13.4. The SMILES string of the molecule is COc1cc(CN(C(=O)c2cccnc2Cl)C2CCCCC2)ccc1OCC(N)=O. The molecule has 1 aliphatic rings. The lowest BCUT2D eigenvalue weighted by Crippen LogP contribution is -2.41. The Morgan fingerprint density at radius 2 is 1.97 bits per heavy atom. The Labute approximate surface area is 181 Å². The Balaban J connectivity index is 1.86. The van der Waals surface area contributed by atoms with E-state index in [9.17, 15) is 9.59 Å². The predicted octanol–water partition coefficient (Wildman–Crippen LogP) is 3.58. The number of nitrogens with zero attached hydrogens (tertiary/aromatic N) is 2. The second-order valence-electron chi connectivity index (χ2n) is 7.31. The van der Waals surface area contributed by atoms with E-state index < -0.39 is 5.91 Å². The van der Waals surface area contributed by atoms with Crippen LogP contribution in [0, 0.1) is 0 Å². The Morgan fingerprint density at radius 3 is 2.63 bits per heavy atom.